The Morgan fingerprint density at radius 2 is 1.78 bits per heavy atom. The first kappa shape index (κ1) is 22.6. The fourth-order valence-electron chi connectivity index (χ4n) is 0.249. The number of halogens is 2. The smallest absolute Gasteiger partial charge is 1.00 e. The van der Waals surface area contributed by atoms with Crippen LogP contribution in [0.5, 0.6) is 0 Å². The molecule has 0 atom stereocenters. The van der Waals surface area contributed by atoms with Crippen LogP contribution in [0.2, 0.25) is 0 Å². The Balaban J connectivity index is -0.0000000417. The van der Waals surface area contributed by atoms with Crippen LogP contribution >= 0.6 is 0 Å². The number of hydrogen-bond acceptors (Lipinski definition) is 2. The van der Waals surface area contributed by atoms with Gasteiger partial charge in [0.25, 0.3) is 0 Å². The third-order valence-electron chi connectivity index (χ3n) is 0.529. The molecule has 2 nitrogen and oxygen atoms in total. The van der Waals surface area contributed by atoms with Gasteiger partial charge >= 0.3 is 26.2 Å². The van der Waals surface area contributed by atoms with Crippen LogP contribution in [0.25, 0.3) is 0 Å². The predicted molar refractivity (Wildman–Crippen MR) is 23.4 cm³/mol. The first-order chi connectivity index (χ1) is 2.91. The predicted octanol–water partition coefficient (Wildman–Crippen LogP) is -7.04. The SMILES string of the molecule is CCNCC[O-].[F-].[F-].[Zr+3]. The summed E-state index contributed by atoms with van der Waals surface area (Å²) in [5.41, 5.74) is 0. The second-order valence-corrected chi connectivity index (χ2v) is 1.06. The van der Waals surface area contributed by atoms with Crippen molar-refractivity contribution in [2.45, 2.75) is 6.92 Å². The molecule has 0 spiro atoms. The second-order valence-electron chi connectivity index (χ2n) is 1.06. The van der Waals surface area contributed by atoms with Crippen molar-refractivity contribution in [1.82, 2.24) is 5.32 Å². The van der Waals surface area contributed by atoms with E-state index in [2.05, 4.69) is 5.32 Å². The van der Waals surface area contributed by atoms with Crippen molar-refractivity contribution in [2.75, 3.05) is 19.7 Å². The van der Waals surface area contributed by atoms with E-state index in [-0.39, 0.29) is 42.2 Å². The molecule has 1 radical (unpaired) electrons. The van der Waals surface area contributed by atoms with Crippen LogP contribution in [0.3, 0.4) is 0 Å². The third kappa shape index (κ3) is 28.7. The molecule has 5 heteroatoms. The first-order valence-corrected chi connectivity index (χ1v) is 2.20. The Kier molecular flexibility index (Phi) is 58.8. The van der Waals surface area contributed by atoms with Crippen molar-refractivity contribution in [1.29, 1.82) is 0 Å². The van der Waals surface area contributed by atoms with Crippen LogP contribution in [0.1, 0.15) is 6.92 Å². The molecule has 0 rings (SSSR count). The van der Waals surface area contributed by atoms with Gasteiger partial charge in [-0.15, -0.1) is 6.61 Å². The zero-order valence-electron chi connectivity index (χ0n) is 5.29. The van der Waals surface area contributed by atoms with Crippen molar-refractivity contribution in [2.24, 2.45) is 0 Å². The maximum Gasteiger partial charge on any atom is 3.00 e. The van der Waals surface area contributed by atoms with Crippen LogP contribution in [0.15, 0.2) is 0 Å². The van der Waals surface area contributed by atoms with Crippen LogP contribution in [-0.4, -0.2) is 19.7 Å². The zero-order chi connectivity index (χ0) is 4.83. The Hall–Kier alpha value is 0.663. The maximum atomic E-state index is 9.63. The van der Waals surface area contributed by atoms with Crippen molar-refractivity contribution < 1.29 is 40.7 Å². The molecule has 0 bridgehead atoms. The summed E-state index contributed by atoms with van der Waals surface area (Å²) in [6.45, 7) is 3.49. The molecule has 1 N–H and O–H groups in total. The van der Waals surface area contributed by atoms with Crippen molar-refractivity contribution in [3.63, 3.8) is 0 Å². The number of rotatable bonds is 3. The topological polar surface area (TPSA) is 35.1 Å². The minimum Gasteiger partial charge on any atom is -1.00 e. The molecule has 0 saturated heterocycles. The molecule has 0 aliphatic heterocycles. The van der Waals surface area contributed by atoms with E-state index in [9.17, 15) is 5.11 Å². The average Bonchev–Trinajstić information content (AvgIpc) is 1.61. The molecule has 0 unspecified atom stereocenters. The Morgan fingerprint density at radius 1 is 1.33 bits per heavy atom. The molecular weight excluding hydrogens is 207 g/mol. The Bertz CT molecular complexity index is 30.5. The fourth-order valence-corrected chi connectivity index (χ4v) is 0.249. The van der Waals surface area contributed by atoms with Gasteiger partial charge in [0, 0.05) is 0 Å². The van der Waals surface area contributed by atoms with E-state index in [1.165, 1.54) is 0 Å². The summed E-state index contributed by atoms with van der Waals surface area (Å²) in [6, 6.07) is 0. The zero-order valence-corrected chi connectivity index (χ0v) is 7.74. The van der Waals surface area contributed by atoms with Gasteiger partial charge in [0.05, 0.1) is 0 Å². The quantitative estimate of drug-likeness (QED) is 0.477. The van der Waals surface area contributed by atoms with Crippen LogP contribution in [-0.2, 0) is 26.2 Å². The number of hydrogen-bond donors (Lipinski definition) is 1. The minimum atomic E-state index is -0.00611. The summed E-state index contributed by atoms with van der Waals surface area (Å²) in [7, 11) is 0. The van der Waals surface area contributed by atoms with Gasteiger partial charge in [0.1, 0.15) is 0 Å². The molecule has 0 fully saturated rings. The maximum absolute atomic E-state index is 9.63. The minimum absolute atomic E-state index is 0. The Morgan fingerprint density at radius 3 is 1.89 bits per heavy atom. The molecule has 0 aromatic heterocycles. The van der Waals surface area contributed by atoms with E-state index in [1.807, 2.05) is 6.92 Å². The van der Waals surface area contributed by atoms with Gasteiger partial charge < -0.3 is 19.8 Å². The summed E-state index contributed by atoms with van der Waals surface area (Å²) in [6.07, 6.45) is 0. The normalized spacial score (nSPS) is 6.00. The summed E-state index contributed by atoms with van der Waals surface area (Å²) in [4.78, 5) is 0. The molecular formula is C4H10F2NOZr. The molecule has 0 aromatic carbocycles. The van der Waals surface area contributed by atoms with Crippen LogP contribution in [0.4, 0.5) is 0 Å². The van der Waals surface area contributed by atoms with E-state index >= 15 is 0 Å². The van der Waals surface area contributed by atoms with E-state index < -0.39 is 0 Å². The molecule has 0 aliphatic carbocycles. The van der Waals surface area contributed by atoms with Gasteiger partial charge in [-0.3, -0.25) is 0 Å². The van der Waals surface area contributed by atoms with Gasteiger partial charge in [0.15, 0.2) is 0 Å². The Labute approximate surface area is 72.9 Å². The summed E-state index contributed by atoms with van der Waals surface area (Å²) in [5.74, 6) is 0. The van der Waals surface area contributed by atoms with E-state index in [1.54, 1.807) is 0 Å². The fraction of sp³-hybridized carbons (Fsp3) is 1.00. The average molecular weight is 217 g/mol. The van der Waals surface area contributed by atoms with E-state index in [4.69, 9.17) is 0 Å². The number of likely N-dealkylation sites (N-methyl/N-ethyl adjacent to an activating group) is 1. The summed E-state index contributed by atoms with van der Waals surface area (Å²) < 4.78 is 0. The largest absolute Gasteiger partial charge is 3.00 e. The molecule has 0 aromatic rings. The van der Waals surface area contributed by atoms with E-state index in [0.717, 1.165) is 6.54 Å². The number of nitrogens with one attached hydrogen (secondary N) is 1. The molecule has 0 saturated carbocycles. The van der Waals surface area contributed by atoms with Crippen molar-refractivity contribution >= 4 is 0 Å². The van der Waals surface area contributed by atoms with Gasteiger partial charge in [-0.25, -0.2) is 0 Å². The van der Waals surface area contributed by atoms with E-state index in [0.29, 0.717) is 6.54 Å². The van der Waals surface area contributed by atoms with Crippen molar-refractivity contribution in [3.05, 3.63) is 0 Å². The monoisotopic (exact) mass is 216 g/mol. The third-order valence-corrected chi connectivity index (χ3v) is 0.529. The summed E-state index contributed by atoms with van der Waals surface area (Å²) in [5, 5.41) is 12.5. The van der Waals surface area contributed by atoms with Gasteiger partial charge in [-0.05, 0) is 13.1 Å². The van der Waals surface area contributed by atoms with Crippen LogP contribution in [0, 0.1) is 0 Å². The standard InChI is InChI=1S/C4H10NO.2FH.Zr/c1-2-5-3-4-6;;;/h5H,2-4H2,1H3;2*1H;/q-1;;;+3/p-2. The first-order valence-electron chi connectivity index (χ1n) is 2.20. The van der Waals surface area contributed by atoms with Crippen molar-refractivity contribution in [3.8, 4) is 0 Å². The molecule has 55 valence electrons. The van der Waals surface area contributed by atoms with Gasteiger partial charge in [0.2, 0.25) is 0 Å². The summed E-state index contributed by atoms with van der Waals surface area (Å²) >= 11 is 0. The second kappa shape index (κ2) is 23.4. The van der Waals surface area contributed by atoms with Gasteiger partial charge in [-0.2, -0.15) is 0 Å². The molecule has 0 amide bonds. The molecule has 9 heavy (non-hydrogen) atoms. The van der Waals surface area contributed by atoms with Gasteiger partial charge in [-0.1, -0.05) is 6.92 Å². The molecule has 0 aliphatic rings. The van der Waals surface area contributed by atoms with Crippen LogP contribution < -0.4 is 19.8 Å². The molecule has 0 heterocycles.